The number of hydrogen-bond donors (Lipinski definition) is 3. The summed E-state index contributed by atoms with van der Waals surface area (Å²) in [5.74, 6) is -1.00. The van der Waals surface area contributed by atoms with E-state index in [0.29, 0.717) is 25.2 Å². The van der Waals surface area contributed by atoms with Crippen molar-refractivity contribution in [2.75, 3.05) is 20.0 Å². The molecule has 2 aromatic rings. The quantitative estimate of drug-likeness (QED) is 0.343. The number of nitrogens with zero attached hydrogens (tertiary/aromatic N) is 1. The van der Waals surface area contributed by atoms with Crippen molar-refractivity contribution in [3.05, 3.63) is 59.7 Å². The number of rotatable bonds is 10. The summed E-state index contributed by atoms with van der Waals surface area (Å²) < 4.78 is 27.5. The number of hydroxylamine groups is 1. The molecular weight excluding hydrogens is 460 g/mol. The van der Waals surface area contributed by atoms with E-state index in [4.69, 9.17) is 14.8 Å². The van der Waals surface area contributed by atoms with Crippen LogP contribution in [0.15, 0.2) is 53.7 Å². The number of oxime groups is 1. The molecule has 0 radical (unpaired) electrons. The Labute approximate surface area is 199 Å². The second kappa shape index (κ2) is 10.6. The summed E-state index contributed by atoms with van der Waals surface area (Å²) >= 11 is 0. The molecule has 0 fully saturated rings. The van der Waals surface area contributed by atoms with Gasteiger partial charge in [0.05, 0.1) is 18.4 Å². The Kier molecular flexibility index (Phi) is 8.09. The molecule has 184 valence electrons. The van der Waals surface area contributed by atoms with Gasteiger partial charge in [0, 0.05) is 32.6 Å². The van der Waals surface area contributed by atoms with Crippen LogP contribution in [0.5, 0.6) is 0 Å². The summed E-state index contributed by atoms with van der Waals surface area (Å²) in [5, 5.41) is 22.9. The zero-order valence-electron chi connectivity index (χ0n) is 19.4. The van der Waals surface area contributed by atoms with Crippen LogP contribution in [-0.4, -0.2) is 67.3 Å². The van der Waals surface area contributed by atoms with Gasteiger partial charge >= 0.3 is 0 Å². The first kappa shape index (κ1) is 25.8. The van der Waals surface area contributed by atoms with Crippen LogP contribution in [-0.2, 0) is 30.6 Å². The third-order valence-corrected chi connectivity index (χ3v) is 8.08. The zero-order valence-corrected chi connectivity index (χ0v) is 20.2. The van der Waals surface area contributed by atoms with E-state index in [1.807, 2.05) is 48.5 Å². The topological polar surface area (TPSA) is 135 Å². The highest BCUT2D eigenvalue weighted by molar-refractivity contribution is 7.92. The minimum atomic E-state index is -3.82. The van der Waals surface area contributed by atoms with E-state index in [9.17, 15) is 18.3 Å². The van der Waals surface area contributed by atoms with E-state index in [0.717, 1.165) is 28.5 Å². The number of aliphatic hydroxyl groups is 1. The molecule has 0 saturated heterocycles. The lowest BCUT2D eigenvalue weighted by molar-refractivity contribution is -0.132. The predicted octanol–water partition coefficient (Wildman–Crippen LogP) is 2.10. The van der Waals surface area contributed by atoms with Crippen molar-refractivity contribution in [1.82, 2.24) is 5.48 Å². The van der Waals surface area contributed by atoms with Gasteiger partial charge in [0.25, 0.3) is 5.91 Å². The molecule has 1 heterocycles. The van der Waals surface area contributed by atoms with Gasteiger partial charge in [0.1, 0.15) is 6.10 Å². The Balaban J connectivity index is 1.65. The Bertz CT molecular complexity index is 1130. The van der Waals surface area contributed by atoms with Gasteiger partial charge in [-0.15, -0.1) is 0 Å². The van der Waals surface area contributed by atoms with E-state index in [1.165, 1.54) is 12.4 Å². The monoisotopic (exact) mass is 490 g/mol. The number of carbonyl (C=O) groups is 1. The first-order valence-electron chi connectivity index (χ1n) is 10.8. The Morgan fingerprint density at radius 3 is 2.26 bits per heavy atom. The number of hydrogen-bond acceptors (Lipinski definition) is 8. The third kappa shape index (κ3) is 5.82. The van der Waals surface area contributed by atoms with Crippen molar-refractivity contribution >= 4 is 21.5 Å². The molecular formula is C24H30N2O7S. The fourth-order valence-electron chi connectivity index (χ4n) is 3.89. The van der Waals surface area contributed by atoms with Gasteiger partial charge in [-0.2, -0.15) is 0 Å². The van der Waals surface area contributed by atoms with Gasteiger partial charge in [-0.25, -0.2) is 13.9 Å². The normalized spacial score (nSPS) is 18.5. The molecule has 3 N–H and O–H groups in total. The lowest BCUT2D eigenvalue weighted by Crippen LogP contribution is -2.51. The molecule has 1 aliphatic heterocycles. The average molecular weight is 491 g/mol. The van der Waals surface area contributed by atoms with Crippen LogP contribution in [0.1, 0.15) is 30.9 Å². The fourth-order valence-corrected chi connectivity index (χ4v) is 4.76. The summed E-state index contributed by atoms with van der Waals surface area (Å²) in [6.45, 7) is 1.55. The summed E-state index contributed by atoms with van der Waals surface area (Å²) in [6.07, 6.45) is 0.504. The van der Waals surface area contributed by atoms with E-state index < -0.39 is 32.7 Å². The molecule has 0 spiro atoms. The molecule has 0 aromatic heterocycles. The van der Waals surface area contributed by atoms with Crippen molar-refractivity contribution in [3.63, 3.8) is 0 Å². The zero-order chi connectivity index (χ0) is 24.9. The van der Waals surface area contributed by atoms with Crippen LogP contribution in [0.4, 0.5) is 0 Å². The van der Waals surface area contributed by atoms with Crippen molar-refractivity contribution in [2.24, 2.45) is 5.16 Å². The number of carbonyl (C=O) groups excluding carboxylic acids is 1. The van der Waals surface area contributed by atoms with Crippen LogP contribution in [0.2, 0.25) is 0 Å². The van der Waals surface area contributed by atoms with Gasteiger partial charge in [0.15, 0.2) is 14.6 Å². The summed E-state index contributed by atoms with van der Waals surface area (Å²) in [5.41, 5.74) is 5.97. The third-order valence-electron chi connectivity index (χ3n) is 6.09. The van der Waals surface area contributed by atoms with Crippen LogP contribution in [0.3, 0.4) is 0 Å². The summed E-state index contributed by atoms with van der Waals surface area (Å²) in [7, 11) is -2.26. The highest BCUT2D eigenvalue weighted by atomic mass is 32.2. The Hall–Kier alpha value is -2.79. The molecule has 3 atom stereocenters. The smallest absolute Gasteiger partial charge is 0.264 e. The molecule has 2 aromatic carbocycles. The van der Waals surface area contributed by atoms with Crippen LogP contribution >= 0.6 is 0 Å². The minimum absolute atomic E-state index is 0.144. The molecule has 0 aliphatic carbocycles. The number of methoxy groups -OCH3 is 1. The molecule has 1 aliphatic rings. The maximum absolute atomic E-state index is 12.2. The predicted molar refractivity (Wildman–Crippen MR) is 127 cm³/mol. The van der Waals surface area contributed by atoms with Crippen molar-refractivity contribution in [2.45, 2.75) is 43.1 Å². The Morgan fingerprint density at radius 2 is 1.74 bits per heavy atom. The molecule has 1 amide bonds. The summed E-state index contributed by atoms with van der Waals surface area (Å²) in [4.78, 5) is 17.5. The maximum Gasteiger partial charge on any atom is 0.264 e. The number of benzene rings is 2. The molecule has 0 saturated carbocycles. The number of nitrogens with one attached hydrogen (secondary N) is 1. The summed E-state index contributed by atoms with van der Waals surface area (Å²) in [6, 6.07) is 15.7. The number of amides is 1. The molecule has 3 rings (SSSR count). The van der Waals surface area contributed by atoms with Crippen molar-refractivity contribution in [1.29, 1.82) is 0 Å². The second-order valence-electron chi connectivity index (χ2n) is 8.71. The number of aliphatic hydroxyl groups excluding tert-OH is 1. The average Bonchev–Trinajstić information content (AvgIpc) is 3.26. The standard InChI is InChI=1S/C24H30N2O7S/c1-24(23(28)25-29,34(3,30)31)14-21-13-22(26-33-21)19-10-8-18(9-11-19)17-6-4-16(5-7-17)12-20(27)15-32-2/h4-11,20-21,27,29H,12-15H2,1-3H3,(H,25,28)/t20-,21-,24?/m1/s1. The number of sulfone groups is 1. The fraction of sp³-hybridized carbons (Fsp3) is 0.417. The van der Waals surface area contributed by atoms with Crippen LogP contribution < -0.4 is 5.48 Å². The first-order valence-corrected chi connectivity index (χ1v) is 12.7. The molecule has 10 heteroatoms. The van der Waals surface area contributed by atoms with Crippen LogP contribution in [0.25, 0.3) is 11.1 Å². The van der Waals surface area contributed by atoms with Crippen LogP contribution in [0, 0.1) is 0 Å². The largest absolute Gasteiger partial charge is 0.392 e. The van der Waals surface area contributed by atoms with Crippen molar-refractivity contribution in [3.8, 4) is 11.1 Å². The van der Waals surface area contributed by atoms with Gasteiger partial charge in [-0.1, -0.05) is 53.7 Å². The van der Waals surface area contributed by atoms with E-state index in [-0.39, 0.29) is 6.42 Å². The molecule has 34 heavy (non-hydrogen) atoms. The lowest BCUT2D eigenvalue weighted by atomic mass is 9.95. The van der Waals surface area contributed by atoms with Gasteiger partial charge in [-0.05, 0) is 29.2 Å². The van der Waals surface area contributed by atoms with E-state index in [2.05, 4.69) is 5.16 Å². The van der Waals surface area contributed by atoms with E-state index in [1.54, 1.807) is 7.11 Å². The first-order chi connectivity index (χ1) is 16.1. The number of ether oxygens (including phenoxy) is 1. The molecule has 9 nitrogen and oxygen atoms in total. The molecule has 1 unspecified atom stereocenters. The molecule has 0 bridgehead atoms. The SMILES string of the molecule is COC[C@H](O)Cc1ccc(-c2ccc(C3=NO[C@@H](CC(C)(C(=O)NO)S(C)(=O)=O)C3)cc2)cc1. The Morgan fingerprint density at radius 1 is 1.18 bits per heavy atom. The van der Waals surface area contributed by atoms with E-state index >= 15 is 0 Å². The highest BCUT2D eigenvalue weighted by Crippen LogP contribution is 2.30. The van der Waals surface area contributed by atoms with Gasteiger partial charge in [-0.3, -0.25) is 10.0 Å². The van der Waals surface area contributed by atoms with Crippen molar-refractivity contribution < 1.29 is 33.1 Å². The lowest BCUT2D eigenvalue weighted by Gasteiger charge is -2.26. The second-order valence-corrected chi connectivity index (χ2v) is 11.2. The minimum Gasteiger partial charge on any atom is -0.392 e. The van der Waals surface area contributed by atoms with Gasteiger partial charge in [0.2, 0.25) is 0 Å². The highest BCUT2D eigenvalue weighted by Gasteiger charge is 2.47. The maximum atomic E-state index is 12.2. The van der Waals surface area contributed by atoms with Gasteiger partial charge < -0.3 is 14.7 Å².